The number of H-pyrrole nitrogens is 1. The fraction of sp³-hybridized carbons (Fsp3) is 0. The first-order chi connectivity index (χ1) is 14.0. The summed E-state index contributed by atoms with van der Waals surface area (Å²) in [4.78, 5) is 20.0. The molecular weight excluding hydrogens is 395 g/mol. The third-order valence-electron chi connectivity index (χ3n) is 4.32. The fourth-order valence-corrected chi connectivity index (χ4v) is 3.20. The number of nitrogen functional groups attached to an aromatic ring is 1. The number of halogens is 2. The molecule has 0 aliphatic heterocycles. The number of ketones is 1. The molecule has 0 spiro atoms. The first-order valence-corrected chi connectivity index (χ1v) is 8.79. The lowest BCUT2D eigenvalue weighted by Crippen LogP contribution is -2.03. The van der Waals surface area contributed by atoms with E-state index in [9.17, 15) is 9.18 Å². The topological polar surface area (TPSA) is 105 Å². The van der Waals surface area contributed by atoms with Gasteiger partial charge in [0.1, 0.15) is 29.0 Å². The van der Waals surface area contributed by atoms with Gasteiger partial charge in [0, 0.05) is 30.1 Å². The molecular formula is C21H12ClFN4O2. The summed E-state index contributed by atoms with van der Waals surface area (Å²) in [5.74, 6) is -0.159. The molecule has 0 radical (unpaired) electrons. The lowest BCUT2D eigenvalue weighted by molar-refractivity contribution is 0.104. The average molecular weight is 407 g/mol. The molecule has 2 aromatic heterocycles. The summed E-state index contributed by atoms with van der Waals surface area (Å²) in [6.45, 7) is 0. The van der Waals surface area contributed by atoms with Crippen molar-refractivity contribution in [3.63, 3.8) is 0 Å². The summed E-state index contributed by atoms with van der Waals surface area (Å²) < 4.78 is 18.9. The van der Waals surface area contributed by atoms with Gasteiger partial charge in [-0.05, 0) is 24.3 Å². The maximum atomic E-state index is 13.3. The molecule has 2 aromatic carbocycles. The minimum absolute atomic E-state index is 0.154. The number of aromatic amines is 1. The summed E-state index contributed by atoms with van der Waals surface area (Å²) in [6, 6.07) is 12.2. The van der Waals surface area contributed by atoms with Crippen molar-refractivity contribution < 1.29 is 13.9 Å². The smallest absolute Gasteiger partial charge is 0.196 e. The molecule has 3 N–H and O–H groups in total. The number of fused-ring (bicyclic) bond motifs is 1. The highest BCUT2D eigenvalue weighted by atomic mass is 35.5. The Morgan fingerprint density at radius 2 is 2.00 bits per heavy atom. The molecule has 0 saturated carbocycles. The molecule has 0 aliphatic rings. The number of anilines is 1. The van der Waals surface area contributed by atoms with Gasteiger partial charge in [-0.25, -0.2) is 9.37 Å². The van der Waals surface area contributed by atoms with Crippen LogP contribution in [0, 0.1) is 17.1 Å². The summed E-state index contributed by atoms with van der Waals surface area (Å²) in [5.41, 5.74) is 7.25. The van der Waals surface area contributed by atoms with Gasteiger partial charge in [0.25, 0.3) is 0 Å². The molecule has 0 bridgehead atoms. The predicted molar refractivity (Wildman–Crippen MR) is 107 cm³/mol. The molecule has 29 heavy (non-hydrogen) atoms. The molecule has 4 rings (SSSR count). The van der Waals surface area contributed by atoms with Crippen LogP contribution in [0.15, 0.2) is 54.9 Å². The van der Waals surface area contributed by atoms with E-state index in [1.165, 1.54) is 42.7 Å². The minimum atomic E-state index is -0.428. The van der Waals surface area contributed by atoms with Crippen LogP contribution in [0.2, 0.25) is 5.02 Å². The van der Waals surface area contributed by atoms with Gasteiger partial charge in [0.15, 0.2) is 5.78 Å². The van der Waals surface area contributed by atoms with Gasteiger partial charge in [-0.2, -0.15) is 5.26 Å². The van der Waals surface area contributed by atoms with E-state index in [0.717, 1.165) is 0 Å². The fourth-order valence-electron chi connectivity index (χ4n) is 2.94. The molecule has 0 atom stereocenters. The summed E-state index contributed by atoms with van der Waals surface area (Å²) >= 11 is 6.30. The second-order valence-corrected chi connectivity index (χ2v) is 6.56. The Kier molecular flexibility index (Phi) is 4.63. The van der Waals surface area contributed by atoms with Crippen molar-refractivity contribution in [1.29, 1.82) is 5.26 Å². The van der Waals surface area contributed by atoms with Crippen LogP contribution in [0.25, 0.3) is 11.0 Å². The summed E-state index contributed by atoms with van der Waals surface area (Å²) in [6.07, 6.45) is 2.82. The number of rotatable bonds is 4. The van der Waals surface area contributed by atoms with Gasteiger partial charge in [0.05, 0.1) is 27.2 Å². The number of ether oxygens (including phenoxy) is 1. The SMILES string of the molecule is N#Cc1cnc2[nH]cc(C(=O)c3ccc(Oc4cccc(F)c4)cc3Cl)c2c1N. The predicted octanol–water partition coefficient (Wildman–Crippen LogP) is 4.83. The van der Waals surface area contributed by atoms with E-state index in [1.807, 2.05) is 6.07 Å². The number of benzene rings is 2. The van der Waals surface area contributed by atoms with Gasteiger partial charge in [-0.1, -0.05) is 17.7 Å². The van der Waals surface area contributed by atoms with E-state index in [1.54, 1.807) is 12.1 Å². The lowest BCUT2D eigenvalue weighted by Gasteiger charge is -2.09. The van der Waals surface area contributed by atoms with Crippen LogP contribution in [-0.4, -0.2) is 15.8 Å². The number of nitrogens with zero attached hydrogens (tertiary/aromatic N) is 2. The first-order valence-electron chi connectivity index (χ1n) is 8.41. The molecule has 0 saturated heterocycles. The molecule has 4 aromatic rings. The monoisotopic (exact) mass is 406 g/mol. The number of nitriles is 1. The molecule has 0 aliphatic carbocycles. The highest BCUT2D eigenvalue weighted by Gasteiger charge is 2.21. The van der Waals surface area contributed by atoms with Crippen molar-refractivity contribution in [3.05, 3.63) is 82.4 Å². The molecule has 8 heteroatoms. The first kappa shape index (κ1) is 18.5. The Hall–Kier alpha value is -3.89. The number of carbonyl (C=O) groups excluding carboxylic acids is 1. The number of pyridine rings is 1. The van der Waals surface area contributed by atoms with Gasteiger partial charge in [0.2, 0.25) is 0 Å². The number of nitrogens with two attached hydrogens (primary N) is 1. The van der Waals surface area contributed by atoms with Gasteiger partial charge < -0.3 is 15.5 Å². The zero-order valence-electron chi connectivity index (χ0n) is 14.7. The molecule has 0 fully saturated rings. The number of aromatic nitrogens is 2. The maximum absolute atomic E-state index is 13.3. The van der Waals surface area contributed by atoms with Crippen molar-refractivity contribution in [3.8, 4) is 17.6 Å². The van der Waals surface area contributed by atoms with Crippen LogP contribution in [0.5, 0.6) is 11.5 Å². The zero-order valence-corrected chi connectivity index (χ0v) is 15.5. The van der Waals surface area contributed by atoms with Crippen molar-refractivity contribution in [2.45, 2.75) is 0 Å². The third kappa shape index (κ3) is 3.37. The maximum Gasteiger partial charge on any atom is 0.196 e. The van der Waals surface area contributed by atoms with Crippen LogP contribution in [0.1, 0.15) is 21.5 Å². The van der Waals surface area contributed by atoms with Gasteiger partial charge in [-0.15, -0.1) is 0 Å². The van der Waals surface area contributed by atoms with Crippen LogP contribution in [-0.2, 0) is 0 Å². The number of hydrogen-bond donors (Lipinski definition) is 2. The van der Waals surface area contributed by atoms with E-state index in [4.69, 9.17) is 27.3 Å². The van der Waals surface area contributed by atoms with Gasteiger partial charge in [-0.3, -0.25) is 4.79 Å². The molecule has 142 valence electrons. The van der Waals surface area contributed by atoms with E-state index < -0.39 is 5.82 Å². The second kappa shape index (κ2) is 7.26. The Labute approximate surface area is 169 Å². The largest absolute Gasteiger partial charge is 0.457 e. The Bertz CT molecular complexity index is 1310. The molecule has 0 unspecified atom stereocenters. The third-order valence-corrected chi connectivity index (χ3v) is 4.64. The van der Waals surface area contributed by atoms with Crippen molar-refractivity contribution in [2.75, 3.05) is 5.73 Å². The van der Waals surface area contributed by atoms with Gasteiger partial charge >= 0.3 is 0 Å². The lowest BCUT2D eigenvalue weighted by atomic mass is 10.0. The zero-order chi connectivity index (χ0) is 20.5. The summed E-state index contributed by atoms with van der Waals surface area (Å²) in [7, 11) is 0. The standard InChI is InChI=1S/C21H12ClFN4O2/c22-17-7-14(29-13-3-1-2-12(23)6-13)4-5-15(17)20(28)16-10-27-21-18(16)19(25)11(8-24)9-26-21/h1-7,9-10H,(H3,25,26,27). The number of nitrogens with one attached hydrogen (secondary N) is 1. The van der Waals surface area contributed by atoms with Crippen LogP contribution in [0.4, 0.5) is 10.1 Å². The Morgan fingerprint density at radius 3 is 2.72 bits per heavy atom. The summed E-state index contributed by atoms with van der Waals surface area (Å²) in [5, 5.41) is 9.67. The van der Waals surface area contributed by atoms with E-state index in [0.29, 0.717) is 22.5 Å². The molecule has 2 heterocycles. The average Bonchev–Trinajstić information content (AvgIpc) is 3.13. The van der Waals surface area contributed by atoms with Crippen molar-refractivity contribution in [2.24, 2.45) is 0 Å². The molecule has 0 amide bonds. The normalized spacial score (nSPS) is 10.7. The molecule has 6 nitrogen and oxygen atoms in total. The minimum Gasteiger partial charge on any atom is -0.457 e. The van der Waals surface area contributed by atoms with E-state index >= 15 is 0 Å². The Morgan fingerprint density at radius 1 is 1.21 bits per heavy atom. The van der Waals surface area contributed by atoms with Crippen molar-refractivity contribution >= 4 is 34.1 Å². The van der Waals surface area contributed by atoms with Crippen LogP contribution in [0.3, 0.4) is 0 Å². The van der Waals surface area contributed by atoms with Crippen LogP contribution < -0.4 is 10.5 Å². The highest BCUT2D eigenvalue weighted by Crippen LogP contribution is 2.32. The van der Waals surface area contributed by atoms with Crippen molar-refractivity contribution in [1.82, 2.24) is 9.97 Å². The highest BCUT2D eigenvalue weighted by molar-refractivity contribution is 6.35. The Balaban J connectivity index is 1.70. The quantitative estimate of drug-likeness (QED) is 0.472. The second-order valence-electron chi connectivity index (χ2n) is 6.15. The number of carbonyl (C=O) groups is 1. The number of hydrogen-bond acceptors (Lipinski definition) is 5. The van der Waals surface area contributed by atoms with E-state index in [-0.39, 0.29) is 33.2 Å². The van der Waals surface area contributed by atoms with Crippen LogP contribution >= 0.6 is 11.6 Å². The van der Waals surface area contributed by atoms with E-state index in [2.05, 4.69) is 9.97 Å².